The number of rotatable bonds is 3. The van der Waals surface area contributed by atoms with Crippen molar-refractivity contribution in [3.8, 4) is 18.0 Å². The van der Waals surface area contributed by atoms with Gasteiger partial charge in [0.1, 0.15) is 24.3 Å². The third-order valence-electron chi connectivity index (χ3n) is 2.92. The largest absolute Gasteiger partial charge is 0.313 e. The molecule has 6 heteroatoms. The average Bonchev–Trinajstić information content (AvgIpc) is 2.89. The topological polar surface area (TPSA) is 90.3 Å². The maximum atomic E-state index is 9.16. The van der Waals surface area contributed by atoms with Gasteiger partial charge >= 0.3 is 0 Å². The van der Waals surface area contributed by atoms with Crippen LogP contribution in [0.4, 0.5) is 0 Å². The van der Waals surface area contributed by atoms with Crippen LogP contribution in [0.15, 0.2) is 24.7 Å². The van der Waals surface area contributed by atoms with E-state index in [0.717, 1.165) is 5.56 Å². The van der Waals surface area contributed by atoms with Gasteiger partial charge in [0.05, 0.1) is 0 Å². The Balaban J connectivity index is 2.64. The maximum absolute atomic E-state index is 9.16. The Kier molecular flexibility index (Phi) is 3.56. The van der Waals surface area contributed by atoms with E-state index in [1.807, 2.05) is 38.2 Å². The second-order valence-electron chi connectivity index (χ2n) is 3.96. The Morgan fingerprint density at radius 2 is 2.11 bits per heavy atom. The average molecular weight is 252 g/mol. The number of aromatic nitrogens is 3. The quantitative estimate of drug-likeness (QED) is 0.888. The van der Waals surface area contributed by atoms with E-state index in [4.69, 9.17) is 10.5 Å². The van der Waals surface area contributed by atoms with Crippen LogP contribution in [0.3, 0.4) is 0 Å². The highest BCUT2D eigenvalue weighted by molar-refractivity contribution is 5.45. The lowest BCUT2D eigenvalue weighted by atomic mass is 10.1. The molecule has 0 spiro atoms. The molecule has 0 radical (unpaired) electrons. The van der Waals surface area contributed by atoms with Crippen molar-refractivity contribution < 1.29 is 0 Å². The molecule has 0 saturated carbocycles. The molecule has 0 saturated heterocycles. The summed E-state index contributed by atoms with van der Waals surface area (Å²) in [6.07, 6.45) is 3.10. The summed E-state index contributed by atoms with van der Waals surface area (Å²) < 4.78 is 1.54. The summed E-state index contributed by atoms with van der Waals surface area (Å²) in [6.45, 7) is 1.99. The standard InChI is InChI=1S/C13H12N6/c1-9(16-2)10-4-3-5-17-13(10)19-8-18-11(6-14)12(19)7-15/h3-5,8-9,16H,1-2H3. The van der Waals surface area contributed by atoms with Gasteiger partial charge in [0.25, 0.3) is 0 Å². The Bertz CT molecular complexity index is 673. The van der Waals surface area contributed by atoms with Gasteiger partial charge in [-0.3, -0.25) is 4.57 Å². The number of nitriles is 2. The molecule has 1 N–H and O–H groups in total. The molecule has 2 aromatic rings. The molecule has 6 nitrogen and oxygen atoms in total. The first-order valence-corrected chi connectivity index (χ1v) is 5.73. The van der Waals surface area contributed by atoms with Crippen LogP contribution in [0.25, 0.3) is 5.82 Å². The second kappa shape index (κ2) is 5.30. The third-order valence-corrected chi connectivity index (χ3v) is 2.92. The number of nitrogens with one attached hydrogen (secondary N) is 1. The zero-order valence-corrected chi connectivity index (χ0v) is 10.6. The van der Waals surface area contributed by atoms with Gasteiger partial charge in [0.15, 0.2) is 11.4 Å². The van der Waals surface area contributed by atoms with Crippen molar-refractivity contribution >= 4 is 0 Å². The highest BCUT2D eigenvalue weighted by atomic mass is 15.1. The summed E-state index contributed by atoms with van der Waals surface area (Å²) in [5, 5.41) is 21.2. The predicted octanol–water partition coefficient (Wildman–Crippen LogP) is 1.29. The molecule has 94 valence electrons. The van der Waals surface area contributed by atoms with Crippen LogP contribution in [0, 0.1) is 22.7 Å². The zero-order valence-electron chi connectivity index (χ0n) is 10.6. The minimum Gasteiger partial charge on any atom is -0.313 e. The van der Waals surface area contributed by atoms with Gasteiger partial charge in [-0.2, -0.15) is 10.5 Å². The van der Waals surface area contributed by atoms with Crippen LogP contribution in [0.2, 0.25) is 0 Å². The predicted molar refractivity (Wildman–Crippen MR) is 68.3 cm³/mol. The molecule has 1 unspecified atom stereocenters. The fraction of sp³-hybridized carbons (Fsp3) is 0.231. The highest BCUT2D eigenvalue weighted by Gasteiger charge is 2.17. The van der Waals surface area contributed by atoms with Crippen LogP contribution in [-0.2, 0) is 0 Å². The van der Waals surface area contributed by atoms with Crippen molar-refractivity contribution in [3.63, 3.8) is 0 Å². The van der Waals surface area contributed by atoms with Crippen LogP contribution >= 0.6 is 0 Å². The van der Waals surface area contributed by atoms with Crippen molar-refractivity contribution in [2.24, 2.45) is 0 Å². The van der Waals surface area contributed by atoms with Gasteiger partial charge in [0.2, 0.25) is 0 Å². The molecule has 0 aromatic carbocycles. The molecule has 2 rings (SSSR count). The lowest BCUT2D eigenvalue weighted by Crippen LogP contribution is -2.16. The van der Waals surface area contributed by atoms with Crippen LogP contribution in [-0.4, -0.2) is 21.6 Å². The molecular weight excluding hydrogens is 240 g/mol. The van der Waals surface area contributed by atoms with Gasteiger partial charge in [-0.25, -0.2) is 9.97 Å². The van der Waals surface area contributed by atoms with Gasteiger partial charge in [-0.05, 0) is 20.0 Å². The van der Waals surface area contributed by atoms with Gasteiger partial charge in [-0.15, -0.1) is 0 Å². The number of nitrogens with zero attached hydrogens (tertiary/aromatic N) is 5. The second-order valence-corrected chi connectivity index (χ2v) is 3.96. The Labute approximate surface area is 111 Å². The van der Waals surface area contributed by atoms with Crippen LogP contribution in [0.1, 0.15) is 29.9 Å². The van der Waals surface area contributed by atoms with Crippen molar-refractivity contribution in [2.45, 2.75) is 13.0 Å². The summed E-state index contributed by atoms with van der Waals surface area (Å²) in [7, 11) is 1.85. The summed E-state index contributed by atoms with van der Waals surface area (Å²) in [5.74, 6) is 0.606. The van der Waals surface area contributed by atoms with E-state index in [1.54, 1.807) is 10.8 Å². The third kappa shape index (κ3) is 2.17. The minimum atomic E-state index is 0.0724. The van der Waals surface area contributed by atoms with E-state index in [2.05, 4.69) is 15.3 Å². The molecule has 0 aliphatic carbocycles. The van der Waals surface area contributed by atoms with E-state index >= 15 is 0 Å². The summed E-state index contributed by atoms with van der Waals surface area (Å²) in [5.41, 5.74) is 1.24. The van der Waals surface area contributed by atoms with Crippen molar-refractivity contribution in [1.29, 1.82) is 10.5 Å². The molecule has 19 heavy (non-hydrogen) atoms. The fourth-order valence-corrected chi connectivity index (χ4v) is 1.80. The van der Waals surface area contributed by atoms with Gasteiger partial charge in [0, 0.05) is 17.8 Å². The molecule has 0 amide bonds. The smallest absolute Gasteiger partial charge is 0.177 e. The molecule has 0 aliphatic rings. The lowest BCUT2D eigenvalue weighted by Gasteiger charge is -2.15. The number of imidazole rings is 1. The van der Waals surface area contributed by atoms with E-state index in [-0.39, 0.29) is 17.4 Å². The zero-order chi connectivity index (χ0) is 13.8. The normalized spacial score (nSPS) is 11.6. The van der Waals surface area contributed by atoms with Crippen molar-refractivity contribution in [2.75, 3.05) is 7.05 Å². The van der Waals surface area contributed by atoms with E-state index in [0.29, 0.717) is 5.82 Å². The van der Waals surface area contributed by atoms with E-state index < -0.39 is 0 Å². The van der Waals surface area contributed by atoms with Gasteiger partial charge in [-0.1, -0.05) is 6.07 Å². The molecule has 0 bridgehead atoms. The molecule has 0 aliphatic heterocycles. The van der Waals surface area contributed by atoms with Crippen molar-refractivity contribution in [1.82, 2.24) is 19.9 Å². The maximum Gasteiger partial charge on any atom is 0.177 e. The molecular formula is C13H12N6. The first-order valence-electron chi connectivity index (χ1n) is 5.73. The molecule has 0 fully saturated rings. The Hall–Kier alpha value is -2.70. The monoisotopic (exact) mass is 252 g/mol. The molecule has 2 aromatic heterocycles. The Morgan fingerprint density at radius 3 is 2.74 bits per heavy atom. The van der Waals surface area contributed by atoms with Crippen molar-refractivity contribution in [3.05, 3.63) is 41.6 Å². The number of hydrogen-bond acceptors (Lipinski definition) is 5. The summed E-state index contributed by atoms with van der Waals surface area (Å²) >= 11 is 0. The fourth-order valence-electron chi connectivity index (χ4n) is 1.80. The molecule has 1 atom stereocenters. The summed E-state index contributed by atoms with van der Waals surface area (Å²) in [6, 6.07) is 7.73. The number of hydrogen-bond donors (Lipinski definition) is 1. The molecule has 2 heterocycles. The minimum absolute atomic E-state index is 0.0724. The number of pyridine rings is 1. The SMILES string of the molecule is CNC(C)c1cccnc1-n1cnc(C#N)c1C#N. The lowest BCUT2D eigenvalue weighted by molar-refractivity contribution is 0.643. The highest BCUT2D eigenvalue weighted by Crippen LogP contribution is 2.21. The van der Waals surface area contributed by atoms with E-state index in [9.17, 15) is 0 Å². The van der Waals surface area contributed by atoms with Crippen LogP contribution < -0.4 is 5.32 Å². The first-order chi connectivity index (χ1) is 9.22. The first kappa shape index (κ1) is 12.7. The van der Waals surface area contributed by atoms with Gasteiger partial charge < -0.3 is 5.32 Å². The van der Waals surface area contributed by atoms with E-state index in [1.165, 1.54) is 6.33 Å². The summed E-state index contributed by atoms with van der Waals surface area (Å²) in [4.78, 5) is 8.22. The van der Waals surface area contributed by atoms with Crippen LogP contribution in [0.5, 0.6) is 0 Å². The Morgan fingerprint density at radius 1 is 1.32 bits per heavy atom.